The molecule has 0 radical (unpaired) electrons. The quantitative estimate of drug-likeness (QED) is 0.396. The van der Waals surface area contributed by atoms with E-state index < -0.39 is 0 Å². The van der Waals surface area contributed by atoms with Crippen LogP contribution in [0.5, 0.6) is 0 Å². The monoisotopic (exact) mass is 326 g/mol. The van der Waals surface area contributed by atoms with Gasteiger partial charge in [0.15, 0.2) is 4.96 Å². The van der Waals surface area contributed by atoms with Gasteiger partial charge in [0.05, 0.1) is 16.7 Å². The standard InChI is InChI=1S/C21H14N2S/c1-2-7-15(8-3-1)16-9-6-10-17(13-16)20-14-24-21-22-18-11-4-5-12-19(18)23(20)21/h1-14H. The molecule has 0 saturated heterocycles. The van der Waals surface area contributed by atoms with Crippen molar-refractivity contribution < 1.29 is 0 Å². The maximum Gasteiger partial charge on any atom is 0.195 e. The van der Waals surface area contributed by atoms with E-state index in [0.717, 1.165) is 16.0 Å². The van der Waals surface area contributed by atoms with Gasteiger partial charge in [-0.15, -0.1) is 11.3 Å². The number of para-hydroxylation sites is 2. The maximum atomic E-state index is 4.72. The number of rotatable bonds is 2. The zero-order chi connectivity index (χ0) is 15.9. The highest BCUT2D eigenvalue weighted by Gasteiger charge is 2.12. The lowest BCUT2D eigenvalue weighted by Crippen LogP contribution is -1.86. The Balaban J connectivity index is 1.73. The number of aromatic nitrogens is 2. The van der Waals surface area contributed by atoms with Gasteiger partial charge in [0.2, 0.25) is 0 Å². The summed E-state index contributed by atoms with van der Waals surface area (Å²) in [5, 5.41) is 2.19. The fourth-order valence-electron chi connectivity index (χ4n) is 3.16. The van der Waals surface area contributed by atoms with Crippen LogP contribution in [0.15, 0.2) is 84.2 Å². The molecule has 3 heteroatoms. The topological polar surface area (TPSA) is 17.3 Å². The molecule has 0 fully saturated rings. The smallest absolute Gasteiger partial charge is 0.195 e. The zero-order valence-electron chi connectivity index (χ0n) is 12.9. The largest absolute Gasteiger partial charge is 0.283 e. The molecular weight excluding hydrogens is 312 g/mol. The molecule has 0 atom stereocenters. The van der Waals surface area contributed by atoms with Gasteiger partial charge < -0.3 is 0 Å². The van der Waals surface area contributed by atoms with Crippen LogP contribution < -0.4 is 0 Å². The summed E-state index contributed by atoms with van der Waals surface area (Å²) in [6.45, 7) is 0. The molecule has 5 rings (SSSR count). The highest BCUT2D eigenvalue weighted by molar-refractivity contribution is 7.15. The lowest BCUT2D eigenvalue weighted by Gasteiger charge is -2.06. The lowest BCUT2D eigenvalue weighted by atomic mass is 10.0. The number of benzene rings is 3. The third-order valence-electron chi connectivity index (χ3n) is 4.31. The van der Waals surface area contributed by atoms with Crippen molar-refractivity contribution in [2.24, 2.45) is 0 Å². The molecule has 0 spiro atoms. The second kappa shape index (κ2) is 5.32. The lowest BCUT2D eigenvalue weighted by molar-refractivity contribution is 1.28. The Bertz CT molecular complexity index is 1150. The minimum atomic E-state index is 1.04. The van der Waals surface area contributed by atoms with Crippen LogP contribution in [0.4, 0.5) is 0 Å². The highest BCUT2D eigenvalue weighted by atomic mass is 32.1. The van der Waals surface area contributed by atoms with Crippen molar-refractivity contribution in [3.05, 3.63) is 84.2 Å². The maximum absolute atomic E-state index is 4.72. The summed E-state index contributed by atoms with van der Waals surface area (Å²) in [5.41, 5.74) is 7.09. The molecule has 0 aliphatic heterocycles. The van der Waals surface area contributed by atoms with Gasteiger partial charge >= 0.3 is 0 Å². The molecule has 2 heterocycles. The fourth-order valence-corrected chi connectivity index (χ4v) is 4.07. The predicted octanol–water partition coefficient (Wildman–Crippen LogP) is 5.88. The summed E-state index contributed by atoms with van der Waals surface area (Å²) in [6.07, 6.45) is 0. The number of hydrogen-bond acceptors (Lipinski definition) is 2. The highest BCUT2D eigenvalue weighted by Crippen LogP contribution is 2.32. The van der Waals surface area contributed by atoms with E-state index in [1.165, 1.54) is 22.4 Å². The van der Waals surface area contributed by atoms with E-state index in [2.05, 4.69) is 76.5 Å². The van der Waals surface area contributed by atoms with Crippen LogP contribution in [0.3, 0.4) is 0 Å². The van der Waals surface area contributed by atoms with Crippen molar-refractivity contribution in [3.63, 3.8) is 0 Å². The summed E-state index contributed by atoms with van der Waals surface area (Å²) >= 11 is 1.69. The van der Waals surface area contributed by atoms with Gasteiger partial charge in [0.1, 0.15) is 0 Å². The molecule has 5 aromatic rings. The number of hydrogen-bond donors (Lipinski definition) is 0. The second-order valence-electron chi connectivity index (χ2n) is 5.79. The third-order valence-corrected chi connectivity index (χ3v) is 5.14. The van der Waals surface area contributed by atoms with Crippen molar-refractivity contribution >= 4 is 27.3 Å². The van der Waals surface area contributed by atoms with Crippen LogP contribution in [-0.4, -0.2) is 9.38 Å². The van der Waals surface area contributed by atoms with E-state index in [9.17, 15) is 0 Å². The normalized spacial score (nSPS) is 11.3. The van der Waals surface area contributed by atoms with Crippen molar-refractivity contribution in [1.29, 1.82) is 0 Å². The van der Waals surface area contributed by atoms with E-state index in [1.807, 2.05) is 12.1 Å². The molecule has 0 aliphatic rings. The molecule has 0 N–H and O–H groups in total. The molecule has 114 valence electrons. The number of imidazole rings is 1. The molecule has 2 nitrogen and oxygen atoms in total. The molecule has 24 heavy (non-hydrogen) atoms. The van der Waals surface area contributed by atoms with Gasteiger partial charge in [-0.1, -0.05) is 60.7 Å². The molecule has 0 amide bonds. The van der Waals surface area contributed by atoms with E-state index >= 15 is 0 Å². The van der Waals surface area contributed by atoms with Gasteiger partial charge in [-0.3, -0.25) is 4.40 Å². The van der Waals surface area contributed by atoms with Crippen LogP contribution in [0, 0.1) is 0 Å². The van der Waals surface area contributed by atoms with Crippen LogP contribution in [-0.2, 0) is 0 Å². The minimum Gasteiger partial charge on any atom is -0.283 e. The van der Waals surface area contributed by atoms with E-state index in [0.29, 0.717) is 0 Å². The molecule has 0 saturated carbocycles. The first-order valence-electron chi connectivity index (χ1n) is 7.91. The summed E-state index contributed by atoms with van der Waals surface area (Å²) in [6, 6.07) is 27.5. The Hall–Kier alpha value is -2.91. The first-order chi connectivity index (χ1) is 11.9. The van der Waals surface area contributed by atoms with Crippen LogP contribution in [0.1, 0.15) is 0 Å². The van der Waals surface area contributed by atoms with E-state index in [-0.39, 0.29) is 0 Å². The van der Waals surface area contributed by atoms with Gasteiger partial charge in [-0.25, -0.2) is 4.98 Å². The van der Waals surface area contributed by atoms with E-state index in [4.69, 9.17) is 4.98 Å². The van der Waals surface area contributed by atoms with Gasteiger partial charge in [0.25, 0.3) is 0 Å². The van der Waals surface area contributed by atoms with Crippen LogP contribution in [0.2, 0.25) is 0 Å². The van der Waals surface area contributed by atoms with Crippen molar-refractivity contribution in [2.45, 2.75) is 0 Å². The van der Waals surface area contributed by atoms with Crippen LogP contribution >= 0.6 is 11.3 Å². The van der Waals surface area contributed by atoms with E-state index in [1.54, 1.807) is 11.3 Å². The van der Waals surface area contributed by atoms with Crippen LogP contribution in [0.25, 0.3) is 38.4 Å². The minimum absolute atomic E-state index is 1.04. The SMILES string of the molecule is c1ccc(-c2cccc(-c3csc4nc5ccccc5n34)c2)cc1. The van der Waals surface area contributed by atoms with Crippen molar-refractivity contribution in [3.8, 4) is 22.4 Å². The molecule has 2 aromatic heterocycles. The number of nitrogens with zero attached hydrogens (tertiary/aromatic N) is 2. The Kier molecular flexibility index (Phi) is 3.00. The first kappa shape index (κ1) is 13.5. The third kappa shape index (κ3) is 2.06. The Morgan fingerprint density at radius 2 is 1.46 bits per heavy atom. The number of fused-ring (bicyclic) bond motifs is 3. The summed E-state index contributed by atoms with van der Waals surface area (Å²) < 4.78 is 2.25. The van der Waals surface area contributed by atoms with Crippen molar-refractivity contribution in [1.82, 2.24) is 9.38 Å². The Morgan fingerprint density at radius 3 is 2.38 bits per heavy atom. The van der Waals surface area contributed by atoms with Crippen molar-refractivity contribution in [2.75, 3.05) is 0 Å². The molecule has 0 aliphatic carbocycles. The molecular formula is C21H14N2S. The summed E-state index contributed by atoms with van der Waals surface area (Å²) in [7, 11) is 0. The zero-order valence-corrected chi connectivity index (χ0v) is 13.7. The fraction of sp³-hybridized carbons (Fsp3) is 0. The summed E-state index contributed by atoms with van der Waals surface area (Å²) in [5.74, 6) is 0. The van der Waals surface area contributed by atoms with Gasteiger partial charge in [0, 0.05) is 10.9 Å². The molecule has 0 bridgehead atoms. The average Bonchev–Trinajstić information content (AvgIpc) is 3.22. The van der Waals surface area contributed by atoms with Gasteiger partial charge in [-0.05, 0) is 29.3 Å². The second-order valence-corrected chi connectivity index (χ2v) is 6.62. The Morgan fingerprint density at radius 1 is 0.708 bits per heavy atom. The predicted molar refractivity (Wildman–Crippen MR) is 101 cm³/mol. The molecule has 0 unspecified atom stereocenters. The number of thiazole rings is 1. The summed E-state index contributed by atoms with van der Waals surface area (Å²) in [4.78, 5) is 5.76. The van der Waals surface area contributed by atoms with Gasteiger partial charge in [-0.2, -0.15) is 0 Å². The Labute approximate surface area is 143 Å². The average molecular weight is 326 g/mol. The first-order valence-corrected chi connectivity index (χ1v) is 8.79. The molecule has 3 aromatic carbocycles.